The number of nitrogens with zero attached hydrogens (tertiary/aromatic N) is 4. The first-order valence-electron chi connectivity index (χ1n) is 9.30. The zero-order chi connectivity index (χ0) is 21.1. The van der Waals surface area contributed by atoms with E-state index in [1.807, 2.05) is 19.1 Å². The Hall–Kier alpha value is -3.72. The van der Waals surface area contributed by atoms with Crippen LogP contribution < -0.4 is 9.91 Å². The number of carbonyl (C=O) groups is 1. The van der Waals surface area contributed by atoms with E-state index in [1.54, 1.807) is 35.8 Å². The van der Waals surface area contributed by atoms with Crippen molar-refractivity contribution in [2.45, 2.75) is 13.8 Å². The Kier molecular flexibility index (Phi) is 5.44. The summed E-state index contributed by atoms with van der Waals surface area (Å²) in [5.41, 5.74) is 2.21. The molecule has 8 nitrogen and oxygen atoms in total. The Balaban J connectivity index is 1.58. The van der Waals surface area contributed by atoms with E-state index in [2.05, 4.69) is 10.1 Å². The summed E-state index contributed by atoms with van der Waals surface area (Å²) in [5, 5.41) is 5.20. The lowest BCUT2D eigenvalue weighted by molar-refractivity contribution is 0.0660. The molecule has 1 aliphatic heterocycles. The number of hydrazone groups is 1. The van der Waals surface area contributed by atoms with Crippen molar-refractivity contribution in [3.63, 3.8) is 0 Å². The minimum Gasteiger partial charge on any atom is -0.449 e. The molecule has 0 unspecified atom stereocenters. The minimum atomic E-state index is -0.357. The fraction of sp³-hybridized carbons (Fsp3) is 0.190. The van der Waals surface area contributed by atoms with Gasteiger partial charge in [0.2, 0.25) is 5.82 Å². The summed E-state index contributed by atoms with van der Waals surface area (Å²) in [6, 6.07) is 13.0. The highest BCUT2D eigenvalue weighted by Gasteiger charge is 2.29. The zero-order valence-electron chi connectivity index (χ0n) is 16.4. The molecule has 0 atom stereocenters. The summed E-state index contributed by atoms with van der Waals surface area (Å²) in [6.45, 7) is 3.79. The molecular weight excluding hydrogens is 391 g/mol. The zero-order valence-corrected chi connectivity index (χ0v) is 16.4. The molecule has 30 heavy (non-hydrogen) atoms. The van der Waals surface area contributed by atoms with Crippen LogP contribution in [0.25, 0.3) is 5.69 Å². The summed E-state index contributed by atoms with van der Waals surface area (Å²) in [5.74, 6) is -0.0682. The number of carbonyl (C=O) groups excluding carboxylic acids is 1. The lowest BCUT2D eigenvalue weighted by Gasteiger charge is -2.23. The minimum absolute atomic E-state index is 0.0587. The lowest BCUT2D eigenvalue weighted by atomic mass is 10.1. The Morgan fingerprint density at radius 1 is 1.13 bits per heavy atom. The first-order valence-corrected chi connectivity index (χ1v) is 9.30. The van der Waals surface area contributed by atoms with Crippen molar-refractivity contribution in [2.75, 3.05) is 18.4 Å². The van der Waals surface area contributed by atoms with Gasteiger partial charge in [0.1, 0.15) is 18.8 Å². The summed E-state index contributed by atoms with van der Waals surface area (Å²) in [7, 11) is 0. The second-order valence-corrected chi connectivity index (χ2v) is 6.46. The van der Waals surface area contributed by atoms with Crippen LogP contribution in [0.2, 0.25) is 0 Å². The van der Waals surface area contributed by atoms with Crippen LogP contribution >= 0.6 is 0 Å². The number of halogens is 1. The molecular formula is C21H19FN4O4. The number of rotatable bonds is 6. The van der Waals surface area contributed by atoms with Gasteiger partial charge in [0.05, 0.1) is 12.3 Å². The number of hydrogen-bond donors (Lipinski definition) is 0. The van der Waals surface area contributed by atoms with Crippen LogP contribution in [0, 0.1) is 12.7 Å². The molecule has 0 saturated carbocycles. The van der Waals surface area contributed by atoms with E-state index < -0.39 is 0 Å². The second-order valence-electron chi connectivity index (χ2n) is 6.46. The molecule has 0 radical (unpaired) electrons. The van der Waals surface area contributed by atoms with Gasteiger partial charge in [-0.15, -0.1) is 5.17 Å². The Labute approximate surface area is 172 Å². The molecule has 0 saturated heterocycles. The third-order valence-electron chi connectivity index (χ3n) is 4.31. The standard InChI is InChI=1S/C21H19FN4O4/c1-3-28-21-24-26(29-12-18(27)15-6-4-14(2)5-7-15)19-20(30-21)25(13-23-19)17-10-8-16(22)9-11-17/h4-11,13H,3,12H2,1-2H3. The van der Waals surface area contributed by atoms with Crippen molar-refractivity contribution >= 4 is 17.7 Å². The number of benzene rings is 2. The molecule has 0 spiro atoms. The molecule has 2 heterocycles. The highest BCUT2D eigenvalue weighted by Crippen LogP contribution is 2.33. The smallest absolute Gasteiger partial charge is 0.415 e. The summed E-state index contributed by atoms with van der Waals surface area (Å²) >= 11 is 0. The number of fused-ring (bicyclic) bond motifs is 1. The maximum Gasteiger partial charge on any atom is 0.415 e. The molecule has 2 aromatic carbocycles. The topological polar surface area (TPSA) is 78.2 Å². The van der Waals surface area contributed by atoms with Crippen LogP contribution in [0.3, 0.4) is 0 Å². The monoisotopic (exact) mass is 410 g/mol. The van der Waals surface area contributed by atoms with E-state index in [9.17, 15) is 9.18 Å². The normalized spacial score (nSPS) is 12.8. The van der Waals surface area contributed by atoms with Gasteiger partial charge in [0, 0.05) is 5.56 Å². The first kappa shape index (κ1) is 19.6. The van der Waals surface area contributed by atoms with Crippen LogP contribution in [0.1, 0.15) is 22.8 Å². The molecule has 4 rings (SSSR count). The highest BCUT2D eigenvalue weighted by atomic mass is 19.1. The summed E-state index contributed by atoms with van der Waals surface area (Å²) < 4.78 is 25.9. The largest absolute Gasteiger partial charge is 0.449 e. The number of ether oxygens (including phenoxy) is 2. The van der Waals surface area contributed by atoms with E-state index in [-0.39, 0.29) is 36.0 Å². The van der Waals surface area contributed by atoms with E-state index in [0.29, 0.717) is 17.9 Å². The number of aryl methyl sites for hydroxylation is 1. The molecule has 154 valence electrons. The molecule has 0 aliphatic carbocycles. The quantitative estimate of drug-likeness (QED) is 0.578. The molecule has 0 bridgehead atoms. The first-order chi connectivity index (χ1) is 14.5. The van der Waals surface area contributed by atoms with Crippen molar-refractivity contribution in [2.24, 2.45) is 5.10 Å². The maximum absolute atomic E-state index is 13.3. The summed E-state index contributed by atoms with van der Waals surface area (Å²) in [6.07, 6.45) is 1.43. The predicted molar refractivity (Wildman–Crippen MR) is 107 cm³/mol. The SMILES string of the molecule is CCOC1=NN(OCC(=O)c2ccc(C)cc2)c2ncn(-c3ccc(F)cc3)c2O1. The number of aromatic nitrogens is 2. The van der Waals surface area contributed by atoms with Gasteiger partial charge in [-0.1, -0.05) is 34.9 Å². The fourth-order valence-corrected chi connectivity index (χ4v) is 2.78. The maximum atomic E-state index is 13.3. The number of ketones is 1. The number of hydrogen-bond acceptors (Lipinski definition) is 7. The summed E-state index contributed by atoms with van der Waals surface area (Å²) in [4.78, 5) is 22.3. The van der Waals surface area contributed by atoms with Gasteiger partial charge in [0.25, 0.3) is 5.88 Å². The van der Waals surface area contributed by atoms with E-state index in [4.69, 9.17) is 14.3 Å². The lowest BCUT2D eigenvalue weighted by Crippen LogP contribution is -2.31. The van der Waals surface area contributed by atoms with Crippen molar-refractivity contribution in [1.29, 1.82) is 0 Å². The second kappa shape index (κ2) is 8.34. The van der Waals surface area contributed by atoms with Crippen LogP contribution in [0.15, 0.2) is 60.0 Å². The van der Waals surface area contributed by atoms with Crippen molar-refractivity contribution in [3.8, 4) is 11.6 Å². The predicted octanol–water partition coefficient (Wildman–Crippen LogP) is 3.64. The molecule has 0 amide bonds. The van der Waals surface area contributed by atoms with E-state index in [0.717, 1.165) is 10.7 Å². The average molecular weight is 410 g/mol. The number of imidazole rings is 1. The van der Waals surface area contributed by atoms with Crippen molar-refractivity contribution in [1.82, 2.24) is 9.55 Å². The van der Waals surface area contributed by atoms with Crippen LogP contribution in [-0.4, -0.2) is 34.6 Å². The third-order valence-corrected chi connectivity index (χ3v) is 4.31. The number of anilines is 1. The molecule has 9 heteroatoms. The van der Waals surface area contributed by atoms with Gasteiger partial charge in [-0.2, -0.15) is 0 Å². The van der Waals surface area contributed by atoms with Gasteiger partial charge in [-0.05, 0) is 38.1 Å². The molecule has 0 N–H and O–H groups in total. The highest BCUT2D eigenvalue weighted by molar-refractivity contribution is 5.97. The van der Waals surface area contributed by atoms with Gasteiger partial charge in [-0.25, -0.2) is 14.2 Å². The van der Waals surface area contributed by atoms with Gasteiger partial charge in [-0.3, -0.25) is 9.36 Å². The number of Topliss-reactive ketones (excluding diaryl/α,β-unsaturated/α-hetero) is 1. The van der Waals surface area contributed by atoms with Crippen LogP contribution in [0.5, 0.6) is 5.88 Å². The third kappa shape index (κ3) is 4.01. The van der Waals surface area contributed by atoms with Gasteiger partial charge in [0.15, 0.2) is 5.78 Å². The van der Waals surface area contributed by atoms with E-state index in [1.165, 1.54) is 18.5 Å². The Morgan fingerprint density at radius 2 is 1.87 bits per heavy atom. The van der Waals surface area contributed by atoms with Crippen molar-refractivity contribution < 1.29 is 23.5 Å². The van der Waals surface area contributed by atoms with Crippen LogP contribution in [0.4, 0.5) is 10.2 Å². The Bertz CT molecular complexity index is 1080. The van der Waals surface area contributed by atoms with E-state index >= 15 is 0 Å². The van der Waals surface area contributed by atoms with Gasteiger partial charge < -0.3 is 9.47 Å². The van der Waals surface area contributed by atoms with Crippen LogP contribution in [-0.2, 0) is 9.57 Å². The molecule has 1 aliphatic rings. The average Bonchev–Trinajstić information content (AvgIpc) is 3.17. The van der Waals surface area contributed by atoms with Crippen molar-refractivity contribution in [3.05, 3.63) is 71.8 Å². The van der Waals surface area contributed by atoms with Gasteiger partial charge >= 0.3 is 6.08 Å². The molecule has 3 aromatic rings. The Morgan fingerprint density at radius 3 is 2.57 bits per heavy atom. The fourth-order valence-electron chi connectivity index (χ4n) is 2.78. The molecule has 0 fully saturated rings. The molecule has 1 aromatic heterocycles.